The van der Waals surface area contributed by atoms with Crippen molar-refractivity contribution in [3.8, 4) is 11.5 Å². The van der Waals surface area contributed by atoms with Crippen LogP contribution in [0.1, 0.15) is 18.9 Å². The molecule has 1 aliphatic rings. The van der Waals surface area contributed by atoms with Crippen molar-refractivity contribution >= 4 is 17.8 Å². The Morgan fingerprint density at radius 2 is 1.72 bits per heavy atom. The zero-order chi connectivity index (χ0) is 17.5. The molecule has 3 rings (SSSR count). The molecule has 0 atom stereocenters. The number of amidine groups is 1. The summed E-state index contributed by atoms with van der Waals surface area (Å²) in [5.41, 5.74) is 1.30. The molecule has 128 valence electrons. The van der Waals surface area contributed by atoms with Gasteiger partial charge < -0.3 is 14.8 Å². The quantitative estimate of drug-likeness (QED) is 0.788. The molecule has 0 aliphatic carbocycles. The molecule has 0 saturated carbocycles. The Bertz CT molecular complexity index is 780. The molecule has 1 amide bonds. The SMILES string of the molecule is CCOc1ccc(/C=C2/N=C(CCOc3ccccc3)NC2=O)cc1. The summed E-state index contributed by atoms with van der Waals surface area (Å²) in [5, 5.41) is 2.78. The summed E-state index contributed by atoms with van der Waals surface area (Å²) in [5.74, 6) is 2.04. The maximum Gasteiger partial charge on any atom is 0.275 e. The van der Waals surface area contributed by atoms with Crippen molar-refractivity contribution < 1.29 is 14.3 Å². The molecule has 0 saturated heterocycles. The fourth-order valence-electron chi connectivity index (χ4n) is 2.40. The molecule has 5 heteroatoms. The third kappa shape index (κ3) is 4.70. The molecule has 1 aliphatic heterocycles. The van der Waals surface area contributed by atoms with Crippen molar-refractivity contribution in [3.63, 3.8) is 0 Å². The smallest absolute Gasteiger partial charge is 0.275 e. The standard InChI is InChI=1S/C20H20N2O3/c1-2-24-17-10-8-15(9-11-17)14-18-20(23)22-19(21-18)12-13-25-16-6-4-3-5-7-16/h3-11,14H,2,12-13H2,1H3,(H,21,22,23)/b18-14+. The predicted molar refractivity (Wildman–Crippen MR) is 97.7 cm³/mol. The topological polar surface area (TPSA) is 59.9 Å². The number of ether oxygens (including phenoxy) is 2. The highest BCUT2D eigenvalue weighted by atomic mass is 16.5. The minimum atomic E-state index is -0.191. The summed E-state index contributed by atoms with van der Waals surface area (Å²) in [4.78, 5) is 16.4. The Morgan fingerprint density at radius 1 is 1.00 bits per heavy atom. The lowest BCUT2D eigenvalue weighted by Gasteiger charge is -2.05. The van der Waals surface area contributed by atoms with Crippen molar-refractivity contribution in [2.45, 2.75) is 13.3 Å². The third-order valence-corrected chi connectivity index (χ3v) is 3.59. The molecule has 0 spiro atoms. The summed E-state index contributed by atoms with van der Waals surface area (Å²) in [6.45, 7) is 3.03. The van der Waals surface area contributed by atoms with Crippen LogP contribution in [0.2, 0.25) is 0 Å². The number of hydrogen-bond acceptors (Lipinski definition) is 4. The predicted octanol–water partition coefficient (Wildman–Crippen LogP) is 3.42. The van der Waals surface area contributed by atoms with Gasteiger partial charge in [-0.1, -0.05) is 30.3 Å². The van der Waals surface area contributed by atoms with E-state index in [9.17, 15) is 4.79 Å². The lowest BCUT2D eigenvalue weighted by atomic mass is 10.2. The van der Waals surface area contributed by atoms with E-state index in [1.807, 2.05) is 61.5 Å². The van der Waals surface area contributed by atoms with Crippen LogP contribution in [0.5, 0.6) is 11.5 Å². The molecule has 2 aromatic rings. The minimum absolute atomic E-state index is 0.191. The summed E-state index contributed by atoms with van der Waals surface area (Å²) in [6, 6.07) is 17.1. The Kier molecular flexibility index (Phi) is 5.46. The molecule has 1 heterocycles. The van der Waals surface area contributed by atoms with E-state index in [2.05, 4.69) is 10.3 Å². The largest absolute Gasteiger partial charge is 0.494 e. The van der Waals surface area contributed by atoms with Gasteiger partial charge in [-0.05, 0) is 42.8 Å². The fourth-order valence-corrected chi connectivity index (χ4v) is 2.40. The lowest BCUT2D eigenvalue weighted by Crippen LogP contribution is -2.25. The van der Waals surface area contributed by atoms with Gasteiger partial charge in [-0.2, -0.15) is 0 Å². The lowest BCUT2D eigenvalue weighted by molar-refractivity contribution is -0.115. The van der Waals surface area contributed by atoms with Gasteiger partial charge in [0.1, 0.15) is 23.0 Å². The van der Waals surface area contributed by atoms with Crippen LogP contribution in [0.15, 0.2) is 65.3 Å². The summed E-state index contributed by atoms with van der Waals surface area (Å²) < 4.78 is 11.0. The second-order valence-electron chi connectivity index (χ2n) is 5.46. The van der Waals surface area contributed by atoms with Crippen LogP contribution < -0.4 is 14.8 Å². The maximum atomic E-state index is 12.0. The first kappa shape index (κ1) is 16.8. The van der Waals surface area contributed by atoms with Crippen LogP contribution in [0, 0.1) is 0 Å². The molecule has 5 nitrogen and oxygen atoms in total. The second-order valence-corrected chi connectivity index (χ2v) is 5.46. The molecule has 2 aromatic carbocycles. The normalized spacial score (nSPS) is 15.0. The van der Waals surface area contributed by atoms with Gasteiger partial charge in [-0.25, -0.2) is 4.99 Å². The highest BCUT2D eigenvalue weighted by Gasteiger charge is 2.19. The van der Waals surface area contributed by atoms with E-state index in [1.54, 1.807) is 6.08 Å². The monoisotopic (exact) mass is 336 g/mol. The van der Waals surface area contributed by atoms with Gasteiger partial charge in [-0.15, -0.1) is 0 Å². The molecule has 0 bridgehead atoms. The van der Waals surface area contributed by atoms with Crippen LogP contribution in [-0.2, 0) is 4.79 Å². The van der Waals surface area contributed by atoms with Crippen molar-refractivity contribution in [2.75, 3.05) is 13.2 Å². The first-order valence-electron chi connectivity index (χ1n) is 8.26. The fraction of sp³-hybridized carbons (Fsp3) is 0.200. The van der Waals surface area contributed by atoms with Crippen LogP contribution in [0.4, 0.5) is 0 Å². The summed E-state index contributed by atoms with van der Waals surface area (Å²) >= 11 is 0. The number of carbonyl (C=O) groups is 1. The molecule has 25 heavy (non-hydrogen) atoms. The van der Waals surface area contributed by atoms with Gasteiger partial charge in [0.2, 0.25) is 0 Å². The van der Waals surface area contributed by atoms with E-state index in [0.29, 0.717) is 31.2 Å². The van der Waals surface area contributed by atoms with Gasteiger partial charge >= 0.3 is 0 Å². The van der Waals surface area contributed by atoms with Crippen molar-refractivity contribution in [3.05, 3.63) is 65.9 Å². The Balaban J connectivity index is 1.59. The Labute approximate surface area is 147 Å². The van der Waals surface area contributed by atoms with Gasteiger partial charge in [0.05, 0.1) is 13.2 Å². The minimum Gasteiger partial charge on any atom is -0.494 e. The van der Waals surface area contributed by atoms with Crippen molar-refractivity contribution in [1.82, 2.24) is 5.32 Å². The number of para-hydroxylation sites is 1. The van der Waals surface area contributed by atoms with Crippen molar-refractivity contribution in [2.24, 2.45) is 4.99 Å². The Morgan fingerprint density at radius 3 is 2.44 bits per heavy atom. The number of nitrogens with one attached hydrogen (secondary N) is 1. The van der Waals surface area contributed by atoms with E-state index in [1.165, 1.54) is 0 Å². The summed E-state index contributed by atoms with van der Waals surface area (Å²) in [7, 11) is 0. The molecule has 0 fully saturated rings. The summed E-state index contributed by atoms with van der Waals surface area (Å²) in [6.07, 6.45) is 2.30. The molecular formula is C20H20N2O3. The van der Waals surface area contributed by atoms with Gasteiger partial charge in [0, 0.05) is 6.42 Å². The average Bonchev–Trinajstić information content (AvgIpc) is 2.97. The number of nitrogens with zero attached hydrogens (tertiary/aromatic N) is 1. The molecule has 0 unspecified atom stereocenters. The zero-order valence-electron chi connectivity index (χ0n) is 14.1. The second kappa shape index (κ2) is 8.15. The van der Waals surface area contributed by atoms with Crippen LogP contribution >= 0.6 is 0 Å². The Hall–Kier alpha value is -3.08. The average molecular weight is 336 g/mol. The zero-order valence-corrected chi connectivity index (χ0v) is 14.1. The molecule has 0 radical (unpaired) electrons. The van der Waals surface area contributed by atoms with E-state index in [4.69, 9.17) is 9.47 Å². The first-order chi connectivity index (χ1) is 12.2. The van der Waals surface area contributed by atoms with Gasteiger partial charge in [-0.3, -0.25) is 4.79 Å². The van der Waals surface area contributed by atoms with Crippen LogP contribution in [0.3, 0.4) is 0 Å². The first-order valence-corrected chi connectivity index (χ1v) is 8.26. The van der Waals surface area contributed by atoms with E-state index >= 15 is 0 Å². The third-order valence-electron chi connectivity index (χ3n) is 3.59. The van der Waals surface area contributed by atoms with Gasteiger partial charge in [0.15, 0.2) is 0 Å². The number of hydrogen-bond donors (Lipinski definition) is 1. The number of carbonyl (C=O) groups excluding carboxylic acids is 1. The molecular weight excluding hydrogens is 316 g/mol. The molecule has 0 aromatic heterocycles. The van der Waals surface area contributed by atoms with Crippen LogP contribution in [-0.4, -0.2) is 25.0 Å². The van der Waals surface area contributed by atoms with Gasteiger partial charge in [0.25, 0.3) is 5.91 Å². The number of rotatable bonds is 7. The van der Waals surface area contributed by atoms with E-state index in [-0.39, 0.29) is 5.91 Å². The maximum absolute atomic E-state index is 12.0. The number of aliphatic imine (C=N–C) groups is 1. The number of amides is 1. The highest BCUT2D eigenvalue weighted by molar-refractivity contribution is 6.14. The van der Waals surface area contributed by atoms with E-state index in [0.717, 1.165) is 17.1 Å². The molecule has 1 N–H and O–H groups in total. The van der Waals surface area contributed by atoms with Crippen molar-refractivity contribution in [1.29, 1.82) is 0 Å². The number of benzene rings is 2. The highest BCUT2D eigenvalue weighted by Crippen LogP contribution is 2.17. The van der Waals surface area contributed by atoms with E-state index < -0.39 is 0 Å². The van der Waals surface area contributed by atoms with Crippen LogP contribution in [0.25, 0.3) is 6.08 Å².